The van der Waals surface area contributed by atoms with Crippen LogP contribution in [0.25, 0.3) is 0 Å². The summed E-state index contributed by atoms with van der Waals surface area (Å²) >= 11 is 0. The highest BCUT2D eigenvalue weighted by atomic mass is 32.2. The van der Waals surface area contributed by atoms with Crippen LogP contribution in [-0.2, 0) is 36.0 Å². The number of benzene rings is 1. The van der Waals surface area contributed by atoms with Gasteiger partial charge in [-0.1, -0.05) is 12.1 Å². The number of carbonyl (C=O) groups excluding carboxylic acids is 1. The Bertz CT molecular complexity index is 941. The van der Waals surface area contributed by atoms with Gasteiger partial charge in [0.25, 0.3) is 0 Å². The smallest absolute Gasteiger partial charge is 0.243 e. The van der Waals surface area contributed by atoms with E-state index in [4.69, 9.17) is 4.74 Å². The summed E-state index contributed by atoms with van der Waals surface area (Å²) in [5, 5.41) is 2.91. The van der Waals surface area contributed by atoms with Crippen LogP contribution in [0.1, 0.15) is 24.8 Å². The largest absolute Gasteiger partial charge is 0.379 e. The molecule has 0 radical (unpaired) electrons. The maximum absolute atomic E-state index is 12.6. The quantitative estimate of drug-likeness (QED) is 0.622. The van der Waals surface area contributed by atoms with E-state index in [1.165, 1.54) is 14.9 Å². The van der Waals surface area contributed by atoms with Crippen molar-refractivity contribution in [3.05, 3.63) is 29.8 Å². The molecule has 2 heterocycles. The minimum atomic E-state index is -3.53. The Morgan fingerprint density at radius 1 is 1.07 bits per heavy atom. The molecule has 0 saturated carbocycles. The van der Waals surface area contributed by atoms with Crippen LogP contribution in [0.5, 0.6) is 0 Å². The number of hydrogen-bond acceptors (Lipinski definition) is 6. The van der Waals surface area contributed by atoms with Crippen molar-refractivity contribution in [3.8, 4) is 0 Å². The molecule has 168 valence electrons. The Hall–Kier alpha value is -1.53. The molecule has 2 aliphatic heterocycles. The normalized spacial score (nSPS) is 22.0. The molecule has 11 heteroatoms. The maximum Gasteiger partial charge on any atom is 0.243 e. The average Bonchev–Trinajstić information content (AvgIpc) is 2.73. The fraction of sp³-hybridized carbons (Fsp3) is 0.632. The van der Waals surface area contributed by atoms with Crippen LogP contribution in [0.4, 0.5) is 0 Å². The number of nitrogens with zero attached hydrogens (tertiary/aromatic N) is 2. The lowest BCUT2D eigenvalue weighted by molar-refractivity contribution is -0.122. The summed E-state index contributed by atoms with van der Waals surface area (Å²) in [4.78, 5) is 12.5. The number of piperidine rings is 1. The summed E-state index contributed by atoms with van der Waals surface area (Å²) in [6.45, 7) is 2.29. The van der Waals surface area contributed by atoms with Crippen molar-refractivity contribution in [2.45, 2.75) is 36.6 Å². The topological polar surface area (TPSA) is 113 Å². The Morgan fingerprint density at radius 3 is 2.37 bits per heavy atom. The van der Waals surface area contributed by atoms with Crippen molar-refractivity contribution in [2.75, 3.05) is 45.6 Å². The standard InChI is InChI=1S/C19H29N3O6S2/c1-29(24,25)22-10-2-3-17(15-22)20-19(23)9-6-16-4-7-18(8-5-16)30(26,27)21-11-13-28-14-12-21/h4-5,7-8,17H,2-3,6,9-15H2,1H3,(H,20,23). The number of aryl methyl sites for hydroxylation is 1. The molecule has 1 N–H and O–H groups in total. The summed E-state index contributed by atoms with van der Waals surface area (Å²) < 4.78 is 56.7. The molecule has 1 unspecified atom stereocenters. The average molecular weight is 460 g/mol. The zero-order chi connectivity index (χ0) is 21.8. The monoisotopic (exact) mass is 459 g/mol. The van der Waals surface area contributed by atoms with Crippen molar-refractivity contribution >= 4 is 26.0 Å². The molecule has 0 bridgehead atoms. The van der Waals surface area contributed by atoms with Crippen molar-refractivity contribution in [1.29, 1.82) is 0 Å². The first kappa shape index (κ1) is 23.1. The summed E-state index contributed by atoms with van der Waals surface area (Å²) in [6.07, 6.45) is 3.39. The Morgan fingerprint density at radius 2 is 1.73 bits per heavy atom. The molecule has 2 fully saturated rings. The van der Waals surface area contributed by atoms with Crippen LogP contribution in [0.3, 0.4) is 0 Å². The first-order valence-electron chi connectivity index (χ1n) is 10.1. The van der Waals surface area contributed by atoms with Gasteiger partial charge in [0.05, 0.1) is 24.4 Å². The van der Waals surface area contributed by atoms with Gasteiger partial charge < -0.3 is 10.1 Å². The van der Waals surface area contributed by atoms with E-state index >= 15 is 0 Å². The maximum atomic E-state index is 12.6. The van der Waals surface area contributed by atoms with E-state index in [2.05, 4.69) is 5.32 Å². The minimum Gasteiger partial charge on any atom is -0.379 e. The van der Waals surface area contributed by atoms with Crippen molar-refractivity contribution in [2.24, 2.45) is 0 Å². The molecule has 1 aromatic carbocycles. The Balaban J connectivity index is 1.50. The predicted molar refractivity (Wildman–Crippen MR) is 112 cm³/mol. The molecule has 1 amide bonds. The fourth-order valence-corrected chi connectivity index (χ4v) is 6.00. The molecule has 3 rings (SSSR count). The van der Waals surface area contributed by atoms with Gasteiger partial charge in [0.15, 0.2) is 0 Å². The molecule has 1 aromatic rings. The highest BCUT2D eigenvalue weighted by molar-refractivity contribution is 7.89. The molecular weight excluding hydrogens is 430 g/mol. The Labute approximate surface area is 178 Å². The van der Waals surface area contributed by atoms with E-state index in [-0.39, 0.29) is 23.3 Å². The molecule has 1 atom stereocenters. The van der Waals surface area contributed by atoms with Gasteiger partial charge in [-0.3, -0.25) is 4.79 Å². The highest BCUT2D eigenvalue weighted by Crippen LogP contribution is 2.18. The van der Waals surface area contributed by atoms with E-state index in [0.717, 1.165) is 18.4 Å². The second kappa shape index (κ2) is 9.73. The third kappa shape index (κ3) is 6.01. The number of sulfonamides is 2. The lowest BCUT2D eigenvalue weighted by atomic mass is 10.1. The zero-order valence-electron chi connectivity index (χ0n) is 17.1. The van der Waals surface area contributed by atoms with E-state index in [1.54, 1.807) is 24.3 Å². The van der Waals surface area contributed by atoms with Gasteiger partial charge in [0.2, 0.25) is 26.0 Å². The van der Waals surface area contributed by atoms with Crippen molar-refractivity contribution in [1.82, 2.24) is 13.9 Å². The fourth-order valence-electron chi connectivity index (χ4n) is 3.68. The van der Waals surface area contributed by atoms with Crippen LogP contribution in [0.2, 0.25) is 0 Å². The third-order valence-electron chi connectivity index (χ3n) is 5.39. The second-order valence-corrected chi connectivity index (χ2v) is 11.6. The third-order valence-corrected chi connectivity index (χ3v) is 8.57. The van der Waals surface area contributed by atoms with Gasteiger partial charge in [-0.05, 0) is 37.0 Å². The second-order valence-electron chi connectivity index (χ2n) is 7.69. The Kier molecular flexibility index (Phi) is 7.51. The summed E-state index contributed by atoms with van der Waals surface area (Å²) in [6, 6.07) is 6.42. The van der Waals surface area contributed by atoms with E-state index < -0.39 is 20.0 Å². The van der Waals surface area contributed by atoms with Gasteiger partial charge in [-0.2, -0.15) is 4.31 Å². The molecular formula is C19H29N3O6S2. The zero-order valence-corrected chi connectivity index (χ0v) is 18.8. The molecule has 0 spiro atoms. The number of nitrogens with one attached hydrogen (secondary N) is 1. The number of rotatable bonds is 7. The van der Waals surface area contributed by atoms with Crippen LogP contribution in [-0.4, -0.2) is 83.0 Å². The molecule has 2 aliphatic rings. The first-order valence-corrected chi connectivity index (χ1v) is 13.4. The van der Waals surface area contributed by atoms with Crippen LogP contribution in [0.15, 0.2) is 29.2 Å². The van der Waals surface area contributed by atoms with Crippen LogP contribution >= 0.6 is 0 Å². The van der Waals surface area contributed by atoms with Gasteiger partial charge in [-0.15, -0.1) is 0 Å². The van der Waals surface area contributed by atoms with E-state index in [1.807, 2.05) is 0 Å². The number of hydrogen-bond donors (Lipinski definition) is 1. The SMILES string of the molecule is CS(=O)(=O)N1CCCC(NC(=O)CCc2ccc(S(=O)(=O)N3CCOCC3)cc2)C1. The summed E-state index contributed by atoms with van der Waals surface area (Å²) in [5.41, 5.74) is 0.868. The minimum absolute atomic E-state index is 0.139. The van der Waals surface area contributed by atoms with Gasteiger partial charge in [0.1, 0.15) is 0 Å². The first-order chi connectivity index (χ1) is 14.2. The van der Waals surface area contributed by atoms with Crippen molar-refractivity contribution < 1.29 is 26.4 Å². The molecule has 0 aliphatic carbocycles. The van der Waals surface area contributed by atoms with Crippen LogP contribution in [0, 0.1) is 0 Å². The summed E-state index contributed by atoms with van der Waals surface area (Å²) in [5.74, 6) is -0.139. The summed E-state index contributed by atoms with van der Waals surface area (Å²) in [7, 11) is -6.78. The number of amides is 1. The van der Waals surface area contributed by atoms with Gasteiger partial charge in [-0.25, -0.2) is 21.1 Å². The van der Waals surface area contributed by atoms with Crippen molar-refractivity contribution in [3.63, 3.8) is 0 Å². The molecule has 2 saturated heterocycles. The highest BCUT2D eigenvalue weighted by Gasteiger charge is 2.27. The predicted octanol–water partition coefficient (Wildman–Crippen LogP) is 0.180. The lowest BCUT2D eigenvalue weighted by Crippen LogP contribution is -2.49. The van der Waals surface area contributed by atoms with Crippen LogP contribution < -0.4 is 5.32 Å². The molecule has 9 nitrogen and oxygen atoms in total. The van der Waals surface area contributed by atoms with Gasteiger partial charge in [0, 0.05) is 38.6 Å². The number of ether oxygens (including phenoxy) is 1. The molecule has 30 heavy (non-hydrogen) atoms. The number of carbonyl (C=O) groups is 1. The number of morpholine rings is 1. The lowest BCUT2D eigenvalue weighted by Gasteiger charge is -2.31. The van der Waals surface area contributed by atoms with E-state index in [9.17, 15) is 21.6 Å². The van der Waals surface area contributed by atoms with E-state index in [0.29, 0.717) is 45.8 Å². The molecule has 0 aromatic heterocycles. The van der Waals surface area contributed by atoms with Gasteiger partial charge >= 0.3 is 0 Å².